The first-order valence-electron chi connectivity index (χ1n) is 7.06. The van der Waals surface area contributed by atoms with Crippen LogP contribution in [0.1, 0.15) is 38.5 Å². The van der Waals surface area contributed by atoms with Crippen molar-refractivity contribution in [3.05, 3.63) is 0 Å². The summed E-state index contributed by atoms with van der Waals surface area (Å²) in [7, 11) is 2.04. The van der Waals surface area contributed by atoms with Crippen molar-refractivity contribution in [2.45, 2.75) is 44.1 Å². The minimum Gasteiger partial charge on any atom is -0.390 e. The van der Waals surface area contributed by atoms with Gasteiger partial charge in [-0.3, -0.25) is 0 Å². The van der Waals surface area contributed by atoms with Gasteiger partial charge in [-0.25, -0.2) is 12.7 Å². The van der Waals surface area contributed by atoms with E-state index in [2.05, 4.69) is 4.90 Å². The van der Waals surface area contributed by atoms with Crippen LogP contribution in [0.2, 0.25) is 0 Å². The van der Waals surface area contributed by atoms with E-state index in [1.807, 2.05) is 7.05 Å². The molecule has 0 bridgehead atoms. The van der Waals surface area contributed by atoms with E-state index in [9.17, 15) is 13.5 Å². The van der Waals surface area contributed by atoms with Crippen LogP contribution in [0, 0.1) is 0 Å². The minimum atomic E-state index is -3.08. The lowest BCUT2D eigenvalue weighted by Gasteiger charge is -2.25. The molecule has 0 unspecified atom stereocenters. The van der Waals surface area contributed by atoms with Gasteiger partial charge in [0.1, 0.15) is 0 Å². The molecule has 0 saturated heterocycles. The van der Waals surface area contributed by atoms with Crippen LogP contribution in [-0.4, -0.2) is 68.3 Å². The fourth-order valence-corrected chi connectivity index (χ4v) is 3.35. The van der Waals surface area contributed by atoms with Gasteiger partial charge in [-0.2, -0.15) is 0 Å². The van der Waals surface area contributed by atoms with Crippen LogP contribution in [0.15, 0.2) is 0 Å². The Bertz CT molecular complexity index is 362. The van der Waals surface area contributed by atoms with E-state index in [1.165, 1.54) is 4.31 Å². The summed E-state index contributed by atoms with van der Waals surface area (Å²) in [6.45, 7) is 1.58. The van der Waals surface area contributed by atoms with Crippen LogP contribution in [-0.2, 0) is 10.0 Å². The third-order valence-corrected chi connectivity index (χ3v) is 5.91. The molecule has 1 saturated carbocycles. The molecular weight excluding hydrogens is 264 g/mol. The Balaban J connectivity index is 2.20. The molecule has 0 aliphatic heterocycles. The van der Waals surface area contributed by atoms with E-state index in [-0.39, 0.29) is 5.75 Å². The molecule has 0 amide bonds. The highest BCUT2D eigenvalue weighted by atomic mass is 32.2. The van der Waals surface area contributed by atoms with Crippen LogP contribution >= 0.6 is 0 Å². The fraction of sp³-hybridized carbons (Fsp3) is 1.00. The van der Waals surface area contributed by atoms with Crippen LogP contribution in [0.5, 0.6) is 0 Å². The van der Waals surface area contributed by atoms with Crippen LogP contribution in [0.4, 0.5) is 0 Å². The van der Waals surface area contributed by atoms with Crippen molar-refractivity contribution in [3.63, 3.8) is 0 Å². The van der Waals surface area contributed by atoms with Gasteiger partial charge in [0.2, 0.25) is 10.0 Å². The Morgan fingerprint density at radius 3 is 2.21 bits per heavy atom. The predicted octanol–water partition coefficient (Wildman–Crippen LogP) is 0.895. The van der Waals surface area contributed by atoms with Gasteiger partial charge >= 0.3 is 0 Å². The molecule has 1 rings (SSSR count). The first-order chi connectivity index (χ1) is 8.75. The Hall–Kier alpha value is -0.170. The number of sulfonamides is 1. The Morgan fingerprint density at radius 1 is 1.11 bits per heavy atom. The van der Waals surface area contributed by atoms with Crippen molar-refractivity contribution in [2.75, 3.05) is 40.0 Å². The van der Waals surface area contributed by atoms with Gasteiger partial charge < -0.3 is 10.0 Å². The third kappa shape index (κ3) is 5.77. The molecule has 114 valence electrons. The molecule has 1 N–H and O–H groups in total. The maximum Gasteiger partial charge on any atom is 0.213 e. The van der Waals surface area contributed by atoms with E-state index in [0.717, 1.165) is 45.2 Å². The number of nitrogens with zero attached hydrogens (tertiary/aromatic N) is 2. The van der Waals surface area contributed by atoms with Crippen molar-refractivity contribution < 1.29 is 13.5 Å². The van der Waals surface area contributed by atoms with Gasteiger partial charge in [-0.15, -0.1) is 0 Å². The second kappa shape index (κ2) is 7.02. The van der Waals surface area contributed by atoms with E-state index in [0.29, 0.717) is 6.42 Å². The van der Waals surface area contributed by atoms with Crippen molar-refractivity contribution in [1.29, 1.82) is 0 Å². The van der Waals surface area contributed by atoms with Crippen molar-refractivity contribution >= 4 is 10.0 Å². The summed E-state index contributed by atoms with van der Waals surface area (Å²) in [5, 5.41) is 10.2. The number of hydrogen-bond donors (Lipinski definition) is 1. The lowest BCUT2D eigenvalue weighted by atomic mass is 9.98. The second-order valence-corrected chi connectivity index (χ2v) is 8.24. The Morgan fingerprint density at radius 2 is 1.68 bits per heavy atom. The second-order valence-electron chi connectivity index (χ2n) is 5.94. The largest absolute Gasteiger partial charge is 0.390 e. The summed E-state index contributed by atoms with van der Waals surface area (Å²) in [6, 6.07) is 0. The predicted molar refractivity (Wildman–Crippen MR) is 77.6 cm³/mol. The van der Waals surface area contributed by atoms with Crippen molar-refractivity contribution in [3.8, 4) is 0 Å². The van der Waals surface area contributed by atoms with Crippen LogP contribution < -0.4 is 0 Å². The van der Waals surface area contributed by atoms with Gasteiger partial charge in [0, 0.05) is 20.6 Å². The summed E-state index contributed by atoms with van der Waals surface area (Å²) >= 11 is 0. The standard InChI is InChI=1S/C13H28N2O3S/c1-14(2)19(17,18)12-6-10-15(3)11-9-13(16)7-4-5-8-13/h16H,4-12H2,1-3H3. The topological polar surface area (TPSA) is 60.9 Å². The Labute approximate surface area is 117 Å². The summed E-state index contributed by atoms with van der Waals surface area (Å²) < 4.78 is 24.5. The maximum atomic E-state index is 11.6. The summed E-state index contributed by atoms with van der Waals surface area (Å²) in [4.78, 5) is 2.11. The van der Waals surface area contributed by atoms with Crippen LogP contribution in [0.3, 0.4) is 0 Å². The molecule has 6 heteroatoms. The van der Waals surface area contributed by atoms with Gasteiger partial charge in [0.25, 0.3) is 0 Å². The van der Waals surface area contributed by atoms with E-state index in [4.69, 9.17) is 0 Å². The fourth-order valence-electron chi connectivity index (χ4n) is 2.49. The molecule has 0 spiro atoms. The zero-order valence-corrected chi connectivity index (χ0v) is 13.2. The molecule has 1 aliphatic carbocycles. The highest BCUT2D eigenvalue weighted by Crippen LogP contribution is 2.32. The van der Waals surface area contributed by atoms with E-state index < -0.39 is 15.6 Å². The third-order valence-electron chi connectivity index (χ3n) is 3.99. The summed E-state index contributed by atoms with van der Waals surface area (Å²) in [6.07, 6.45) is 5.51. The van der Waals surface area contributed by atoms with Crippen molar-refractivity contribution in [2.24, 2.45) is 0 Å². The zero-order valence-electron chi connectivity index (χ0n) is 12.4. The first-order valence-corrected chi connectivity index (χ1v) is 8.67. The van der Waals surface area contributed by atoms with Crippen molar-refractivity contribution in [1.82, 2.24) is 9.21 Å². The van der Waals surface area contributed by atoms with Gasteiger partial charge in [0.15, 0.2) is 0 Å². The molecule has 0 heterocycles. The van der Waals surface area contributed by atoms with E-state index >= 15 is 0 Å². The molecule has 0 aromatic heterocycles. The number of rotatable bonds is 8. The number of hydrogen-bond acceptors (Lipinski definition) is 4. The molecular formula is C13H28N2O3S. The summed E-state index contributed by atoms with van der Waals surface area (Å²) in [5.74, 6) is 0.189. The number of aliphatic hydroxyl groups is 1. The Kier molecular flexibility index (Phi) is 6.23. The SMILES string of the molecule is CN(CCCS(=O)(=O)N(C)C)CCC1(O)CCCC1. The zero-order chi connectivity index (χ0) is 14.5. The van der Waals surface area contributed by atoms with Gasteiger partial charge in [-0.1, -0.05) is 12.8 Å². The highest BCUT2D eigenvalue weighted by Gasteiger charge is 2.30. The molecule has 1 fully saturated rings. The van der Waals surface area contributed by atoms with Gasteiger partial charge in [0.05, 0.1) is 11.4 Å². The molecule has 0 radical (unpaired) electrons. The maximum absolute atomic E-state index is 11.6. The minimum absolute atomic E-state index is 0.189. The first kappa shape index (κ1) is 16.9. The highest BCUT2D eigenvalue weighted by molar-refractivity contribution is 7.89. The van der Waals surface area contributed by atoms with Crippen LogP contribution in [0.25, 0.3) is 0 Å². The van der Waals surface area contributed by atoms with Gasteiger partial charge in [-0.05, 0) is 39.3 Å². The average molecular weight is 292 g/mol. The molecule has 0 aromatic carbocycles. The molecule has 0 atom stereocenters. The lowest BCUT2D eigenvalue weighted by Crippen LogP contribution is -2.33. The summed E-state index contributed by atoms with van der Waals surface area (Å²) in [5.41, 5.74) is -0.468. The smallest absolute Gasteiger partial charge is 0.213 e. The molecule has 0 aromatic rings. The monoisotopic (exact) mass is 292 g/mol. The normalized spacial score (nSPS) is 19.5. The van der Waals surface area contributed by atoms with E-state index in [1.54, 1.807) is 14.1 Å². The molecule has 5 nitrogen and oxygen atoms in total. The lowest BCUT2D eigenvalue weighted by molar-refractivity contribution is 0.0304. The average Bonchev–Trinajstić information content (AvgIpc) is 2.74. The molecule has 1 aliphatic rings. The quantitative estimate of drug-likeness (QED) is 0.722. The molecule has 19 heavy (non-hydrogen) atoms.